The van der Waals surface area contributed by atoms with Gasteiger partial charge in [0.1, 0.15) is 0 Å². The topological polar surface area (TPSA) is 9.23 Å². The summed E-state index contributed by atoms with van der Waals surface area (Å²) < 4.78 is 5.31. The van der Waals surface area contributed by atoms with Crippen LogP contribution in [0.1, 0.15) is 39.5 Å². The number of benzene rings is 3. The first-order chi connectivity index (χ1) is 11.3. The van der Waals surface area contributed by atoms with Gasteiger partial charge in [0, 0.05) is 13.2 Å². The van der Waals surface area contributed by atoms with E-state index in [9.17, 15) is 0 Å². The molecule has 0 aliphatic heterocycles. The normalized spacial score (nSPS) is 10.5. The largest absolute Gasteiger partial charge is 0.381 e. The third kappa shape index (κ3) is 5.69. The van der Waals surface area contributed by atoms with Gasteiger partial charge < -0.3 is 4.74 Å². The van der Waals surface area contributed by atoms with Crippen molar-refractivity contribution in [1.29, 1.82) is 0 Å². The van der Waals surface area contributed by atoms with E-state index in [2.05, 4.69) is 74.5 Å². The lowest BCUT2D eigenvalue weighted by Crippen LogP contribution is -1.95. The molecule has 0 fully saturated rings. The Balaban J connectivity index is 0.000000188. The van der Waals surface area contributed by atoms with E-state index in [1.54, 1.807) is 0 Å². The molecule has 3 aromatic carbocycles. The lowest BCUT2D eigenvalue weighted by molar-refractivity contribution is 0.128. The van der Waals surface area contributed by atoms with Gasteiger partial charge in [0.25, 0.3) is 0 Å². The average molecular weight is 308 g/mol. The van der Waals surface area contributed by atoms with E-state index in [1.807, 2.05) is 0 Å². The molecule has 0 aliphatic carbocycles. The Hall–Kier alpha value is -1.86. The first kappa shape index (κ1) is 17.5. The number of unbranched alkanes of at least 4 members (excludes halogenated alkanes) is 2. The third-order valence-electron chi connectivity index (χ3n) is 3.90. The van der Waals surface area contributed by atoms with E-state index < -0.39 is 0 Å². The van der Waals surface area contributed by atoms with Gasteiger partial charge in [-0.3, -0.25) is 0 Å². The monoisotopic (exact) mass is 308 g/mol. The highest BCUT2D eigenvalue weighted by atomic mass is 16.5. The van der Waals surface area contributed by atoms with Gasteiger partial charge >= 0.3 is 0 Å². The van der Waals surface area contributed by atoms with Crippen molar-refractivity contribution in [1.82, 2.24) is 0 Å². The molecule has 0 aliphatic rings. The van der Waals surface area contributed by atoms with Crippen LogP contribution in [0.15, 0.2) is 60.7 Å². The van der Waals surface area contributed by atoms with E-state index >= 15 is 0 Å². The van der Waals surface area contributed by atoms with E-state index in [4.69, 9.17) is 4.74 Å². The molecule has 23 heavy (non-hydrogen) atoms. The molecule has 0 spiro atoms. The summed E-state index contributed by atoms with van der Waals surface area (Å²) in [7, 11) is 0. The fourth-order valence-corrected chi connectivity index (χ4v) is 2.48. The van der Waals surface area contributed by atoms with E-state index in [-0.39, 0.29) is 0 Å². The van der Waals surface area contributed by atoms with Crippen molar-refractivity contribution in [3.8, 4) is 0 Å². The van der Waals surface area contributed by atoms with Crippen LogP contribution in [0.25, 0.3) is 21.5 Å². The van der Waals surface area contributed by atoms with Gasteiger partial charge in [-0.15, -0.1) is 0 Å². The molecule has 3 aromatic rings. The van der Waals surface area contributed by atoms with Gasteiger partial charge in [-0.25, -0.2) is 0 Å². The molecule has 0 unspecified atom stereocenters. The molecule has 1 heteroatoms. The van der Waals surface area contributed by atoms with Crippen LogP contribution < -0.4 is 0 Å². The molecular formula is C22H28O. The predicted molar refractivity (Wildman–Crippen MR) is 102 cm³/mol. The second-order valence-corrected chi connectivity index (χ2v) is 5.87. The molecule has 0 saturated heterocycles. The van der Waals surface area contributed by atoms with Crippen LogP contribution in [0, 0.1) is 0 Å². The minimum Gasteiger partial charge on any atom is -0.381 e. The van der Waals surface area contributed by atoms with Gasteiger partial charge in [-0.1, -0.05) is 75.2 Å². The van der Waals surface area contributed by atoms with E-state index in [0.717, 1.165) is 13.2 Å². The van der Waals surface area contributed by atoms with Gasteiger partial charge in [0.05, 0.1) is 0 Å². The molecule has 0 heterocycles. The lowest BCUT2D eigenvalue weighted by atomic mass is 10.0. The van der Waals surface area contributed by atoms with Gasteiger partial charge in [-0.05, 0) is 46.5 Å². The number of rotatable bonds is 6. The highest BCUT2D eigenvalue weighted by Gasteiger charge is 1.95. The molecule has 0 saturated carbocycles. The van der Waals surface area contributed by atoms with Crippen LogP contribution in [-0.4, -0.2) is 13.2 Å². The van der Waals surface area contributed by atoms with Gasteiger partial charge in [-0.2, -0.15) is 0 Å². The molecule has 0 amide bonds. The van der Waals surface area contributed by atoms with Crippen molar-refractivity contribution >= 4 is 21.5 Å². The average Bonchev–Trinajstić information content (AvgIpc) is 2.60. The maximum Gasteiger partial charge on any atom is 0.0465 e. The number of hydrogen-bond donors (Lipinski definition) is 0. The van der Waals surface area contributed by atoms with Crippen molar-refractivity contribution in [2.75, 3.05) is 13.2 Å². The standard InChI is InChI=1S/C14H10.C8H18O/c1-2-6-12-10-14-8-4-3-7-13(14)9-11(12)5-1;1-3-5-7-9-8-6-4-2/h1-10H;3-8H2,1-2H3. The van der Waals surface area contributed by atoms with Crippen LogP contribution in [0.4, 0.5) is 0 Å². The Morgan fingerprint density at radius 3 is 1.26 bits per heavy atom. The highest BCUT2D eigenvalue weighted by molar-refractivity contribution is 5.98. The molecule has 0 bridgehead atoms. The van der Waals surface area contributed by atoms with E-state index in [0.29, 0.717) is 0 Å². The maximum atomic E-state index is 5.31. The van der Waals surface area contributed by atoms with Crippen LogP contribution >= 0.6 is 0 Å². The molecule has 1 nitrogen and oxygen atoms in total. The second kappa shape index (κ2) is 10.0. The Kier molecular flexibility index (Phi) is 7.62. The zero-order valence-corrected chi connectivity index (χ0v) is 14.4. The molecule has 0 aromatic heterocycles. The summed E-state index contributed by atoms with van der Waals surface area (Å²) in [6.45, 7) is 6.28. The van der Waals surface area contributed by atoms with Gasteiger partial charge in [0.15, 0.2) is 0 Å². The van der Waals surface area contributed by atoms with Crippen molar-refractivity contribution < 1.29 is 4.74 Å². The first-order valence-electron chi connectivity index (χ1n) is 8.80. The summed E-state index contributed by atoms with van der Waals surface area (Å²) >= 11 is 0. The molecule has 0 atom stereocenters. The molecule has 122 valence electrons. The fourth-order valence-electron chi connectivity index (χ4n) is 2.48. The zero-order chi connectivity index (χ0) is 16.3. The zero-order valence-electron chi connectivity index (χ0n) is 14.4. The van der Waals surface area contributed by atoms with Gasteiger partial charge in [0.2, 0.25) is 0 Å². The molecule has 3 rings (SSSR count). The Bertz CT molecular complexity index is 591. The quantitative estimate of drug-likeness (QED) is 0.368. The van der Waals surface area contributed by atoms with Crippen molar-refractivity contribution in [3.63, 3.8) is 0 Å². The molecule has 0 N–H and O–H groups in total. The number of fused-ring (bicyclic) bond motifs is 2. The Morgan fingerprint density at radius 2 is 0.957 bits per heavy atom. The maximum absolute atomic E-state index is 5.31. The fraction of sp³-hybridized carbons (Fsp3) is 0.364. The summed E-state index contributed by atoms with van der Waals surface area (Å²) in [6, 6.07) is 21.4. The van der Waals surface area contributed by atoms with Crippen molar-refractivity contribution in [2.45, 2.75) is 39.5 Å². The van der Waals surface area contributed by atoms with E-state index in [1.165, 1.54) is 47.2 Å². The summed E-state index contributed by atoms with van der Waals surface area (Å²) in [5.41, 5.74) is 0. The number of hydrogen-bond acceptors (Lipinski definition) is 1. The predicted octanol–water partition coefficient (Wildman–Crippen LogP) is 6.60. The molecule has 0 radical (unpaired) electrons. The molecular weight excluding hydrogens is 280 g/mol. The second-order valence-electron chi connectivity index (χ2n) is 5.87. The number of ether oxygens (including phenoxy) is 1. The summed E-state index contributed by atoms with van der Waals surface area (Å²) in [5, 5.41) is 5.25. The van der Waals surface area contributed by atoms with Crippen molar-refractivity contribution in [3.05, 3.63) is 60.7 Å². The summed E-state index contributed by atoms with van der Waals surface area (Å²) in [6.07, 6.45) is 4.91. The van der Waals surface area contributed by atoms with Crippen LogP contribution in [0.3, 0.4) is 0 Å². The summed E-state index contributed by atoms with van der Waals surface area (Å²) in [4.78, 5) is 0. The smallest absolute Gasteiger partial charge is 0.0465 e. The van der Waals surface area contributed by atoms with Crippen LogP contribution in [0.5, 0.6) is 0 Å². The first-order valence-corrected chi connectivity index (χ1v) is 8.80. The highest BCUT2D eigenvalue weighted by Crippen LogP contribution is 2.21. The lowest BCUT2D eigenvalue weighted by Gasteiger charge is -2.00. The van der Waals surface area contributed by atoms with Crippen molar-refractivity contribution in [2.24, 2.45) is 0 Å². The van der Waals surface area contributed by atoms with Crippen LogP contribution in [-0.2, 0) is 4.74 Å². The Labute approximate surface area is 140 Å². The minimum absolute atomic E-state index is 0.955. The Morgan fingerprint density at radius 1 is 0.609 bits per heavy atom. The summed E-state index contributed by atoms with van der Waals surface area (Å²) in [5.74, 6) is 0. The van der Waals surface area contributed by atoms with Crippen LogP contribution in [0.2, 0.25) is 0 Å². The third-order valence-corrected chi connectivity index (χ3v) is 3.90. The minimum atomic E-state index is 0.955. The SMILES string of the molecule is CCCCOCCCC.c1ccc2cc3ccccc3cc2c1.